The number of nitrogens with one attached hydrogen (secondary N) is 6. The Balaban J connectivity index is 6.48. The first kappa shape index (κ1) is 56.8. The molecule has 0 saturated carbocycles. The molecule has 26 heteroatoms. The van der Waals surface area contributed by atoms with Crippen LogP contribution in [0.5, 0.6) is 0 Å². The van der Waals surface area contributed by atoms with Crippen molar-refractivity contribution in [3.63, 3.8) is 0 Å². The van der Waals surface area contributed by atoms with Gasteiger partial charge in [0.1, 0.15) is 36.3 Å². The van der Waals surface area contributed by atoms with E-state index in [0.29, 0.717) is 6.42 Å². The molecule has 7 atom stereocenters. The van der Waals surface area contributed by atoms with Crippen molar-refractivity contribution in [1.82, 2.24) is 31.9 Å². The van der Waals surface area contributed by atoms with Crippen molar-refractivity contribution in [2.75, 3.05) is 31.1 Å². The fraction of sp³-hybridized carbons (Fsp3) is 0.722. The van der Waals surface area contributed by atoms with Crippen LogP contribution < -0.4 is 72.0 Å². The van der Waals surface area contributed by atoms with Gasteiger partial charge in [-0.1, -0.05) is 27.7 Å². The molecule has 0 bridgehead atoms. The number of carboxylic acid groups (broad SMARTS) is 1. The summed E-state index contributed by atoms with van der Waals surface area (Å²) < 4.78 is 0. The number of nitrogens with zero attached hydrogens (tertiary/aromatic N) is 3. The van der Waals surface area contributed by atoms with Crippen molar-refractivity contribution in [3.8, 4) is 0 Å². The standard InChI is InChI=1S/C36H70N16O8S2/c1-18(2)14-23(30(56)50-24(15-19(3)4)31(57)51-25(16-61)32(58)52-26(17-62)33(59)60)49-29(55)22(10-7-13-46-36(42)43)48-28(54)21(9-6-12-45-35(40)41)47-27(53)20(37)8-5-11-44-34(38)39/h18-26,61-62H,5-17,37H2,1-4H3,(H,47,53)(H,48,54)(H,49,55)(H,50,56)(H,51,57)(H,52,58)(H,59,60)(H4,38,39,44)(H4,40,41,45)(H4,42,43,46)/t20-,21-,22-,23-,24-,25-,26-/m0/s1. The monoisotopic (exact) mass is 919 g/mol. The van der Waals surface area contributed by atoms with Gasteiger partial charge in [0, 0.05) is 31.1 Å². The summed E-state index contributed by atoms with van der Waals surface area (Å²) in [5.74, 6) is -6.96. The largest absolute Gasteiger partial charge is 0.480 e. The zero-order chi connectivity index (χ0) is 47.5. The van der Waals surface area contributed by atoms with Gasteiger partial charge in [-0.15, -0.1) is 0 Å². The summed E-state index contributed by atoms with van der Waals surface area (Å²) >= 11 is 8.08. The molecule has 21 N–H and O–H groups in total. The number of hydrogen-bond donors (Lipinski definition) is 16. The van der Waals surface area contributed by atoms with Crippen molar-refractivity contribution in [2.24, 2.45) is 66.9 Å². The average molecular weight is 919 g/mol. The Morgan fingerprint density at radius 2 is 0.758 bits per heavy atom. The van der Waals surface area contributed by atoms with Gasteiger partial charge in [-0.25, -0.2) is 4.79 Å². The maximum atomic E-state index is 14.1. The van der Waals surface area contributed by atoms with E-state index >= 15 is 0 Å². The molecule has 0 aliphatic rings. The summed E-state index contributed by atoms with van der Waals surface area (Å²) in [6.45, 7) is 7.68. The number of nitrogens with two attached hydrogens (primary N) is 7. The second-order valence-corrected chi connectivity index (χ2v) is 16.0. The topological polar surface area (TPSA) is 431 Å². The first-order chi connectivity index (χ1) is 29.0. The second-order valence-electron chi connectivity index (χ2n) is 15.3. The number of aliphatic imine (C=N–C) groups is 3. The molecule has 0 fully saturated rings. The van der Waals surface area contributed by atoms with E-state index in [0.717, 1.165) is 0 Å². The molecule has 0 radical (unpaired) electrons. The normalized spacial score (nSPS) is 14.3. The molecule has 0 aliphatic heterocycles. The van der Waals surface area contributed by atoms with Crippen molar-refractivity contribution in [2.45, 2.75) is 121 Å². The molecule has 0 rings (SSSR count). The maximum Gasteiger partial charge on any atom is 0.327 e. The van der Waals surface area contributed by atoms with Crippen molar-refractivity contribution < 1.29 is 38.7 Å². The Morgan fingerprint density at radius 1 is 0.468 bits per heavy atom. The number of thiol groups is 2. The Morgan fingerprint density at radius 3 is 1.10 bits per heavy atom. The fourth-order valence-corrected chi connectivity index (χ4v) is 6.13. The van der Waals surface area contributed by atoms with Crippen LogP contribution in [0.3, 0.4) is 0 Å². The van der Waals surface area contributed by atoms with Gasteiger partial charge in [-0.2, -0.15) is 25.3 Å². The number of carbonyl (C=O) groups excluding carboxylic acids is 6. The van der Waals surface area contributed by atoms with Crippen LogP contribution in [0.25, 0.3) is 0 Å². The zero-order valence-corrected chi connectivity index (χ0v) is 37.8. The van der Waals surface area contributed by atoms with Crippen LogP contribution in [0, 0.1) is 11.8 Å². The molecule has 62 heavy (non-hydrogen) atoms. The van der Waals surface area contributed by atoms with E-state index in [4.69, 9.17) is 40.1 Å². The Hall–Kier alpha value is -5.24. The highest BCUT2D eigenvalue weighted by Gasteiger charge is 2.34. The first-order valence-corrected chi connectivity index (χ1v) is 21.5. The summed E-state index contributed by atoms with van der Waals surface area (Å²) in [5, 5.41) is 24.8. The number of carboxylic acids is 1. The van der Waals surface area contributed by atoms with Crippen LogP contribution >= 0.6 is 25.3 Å². The SMILES string of the molecule is CC(C)C[C@H](NC(=O)[C@H](CC(C)C)NC(=O)[C@H](CCCN=C(N)N)NC(=O)[C@H](CCCN=C(N)N)NC(=O)[C@@H](N)CCCN=C(N)N)C(=O)N[C@@H](CS)C(=O)N[C@@H](CS)C(=O)O. The molecule has 0 spiro atoms. The van der Waals surface area contributed by atoms with Gasteiger partial charge in [0.2, 0.25) is 35.4 Å². The number of amides is 6. The average Bonchev–Trinajstić information content (AvgIpc) is 3.17. The van der Waals surface area contributed by atoms with Gasteiger partial charge in [0.15, 0.2) is 17.9 Å². The minimum absolute atomic E-state index is 0.00907. The van der Waals surface area contributed by atoms with Crippen LogP contribution in [-0.4, -0.2) is 138 Å². The van der Waals surface area contributed by atoms with Gasteiger partial charge in [-0.05, 0) is 63.2 Å². The van der Waals surface area contributed by atoms with Crippen LogP contribution in [0.4, 0.5) is 0 Å². The van der Waals surface area contributed by atoms with Crippen LogP contribution in [0.1, 0.15) is 79.1 Å². The molecule has 0 aromatic heterocycles. The van der Waals surface area contributed by atoms with E-state index in [1.165, 1.54) is 0 Å². The van der Waals surface area contributed by atoms with Crippen LogP contribution in [0.2, 0.25) is 0 Å². The predicted molar refractivity (Wildman–Crippen MR) is 244 cm³/mol. The highest BCUT2D eigenvalue weighted by molar-refractivity contribution is 7.80. The quantitative estimate of drug-likeness (QED) is 0.0135. The third-order valence-corrected chi connectivity index (χ3v) is 9.48. The molecule has 0 aromatic rings. The highest BCUT2D eigenvalue weighted by Crippen LogP contribution is 2.12. The highest BCUT2D eigenvalue weighted by atomic mass is 32.1. The molecule has 354 valence electrons. The van der Waals surface area contributed by atoms with Crippen LogP contribution in [-0.2, 0) is 33.6 Å². The Bertz CT molecular complexity index is 1560. The minimum Gasteiger partial charge on any atom is -0.480 e. The fourth-order valence-electron chi connectivity index (χ4n) is 5.62. The lowest BCUT2D eigenvalue weighted by Gasteiger charge is -2.28. The summed E-state index contributed by atoms with van der Waals surface area (Å²) in [7, 11) is 0. The summed E-state index contributed by atoms with van der Waals surface area (Å²) in [5.41, 5.74) is 38.6. The van der Waals surface area contributed by atoms with E-state index in [1.54, 1.807) is 0 Å². The summed E-state index contributed by atoms with van der Waals surface area (Å²) in [6.07, 6.45) is 1.27. The number of aliphatic carboxylic acids is 1. The lowest BCUT2D eigenvalue weighted by atomic mass is 9.99. The zero-order valence-electron chi connectivity index (χ0n) is 36.0. The van der Waals surface area contributed by atoms with Gasteiger partial charge < -0.3 is 77.1 Å². The van der Waals surface area contributed by atoms with E-state index in [9.17, 15) is 38.7 Å². The van der Waals surface area contributed by atoms with E-state index in [1.807, 2.05) is 27.7 Å². The smallest absolute Gasteiger partial charge is 0.327 e. The minimum atomic E-state index is -1.32. The Labute approximate surface area is 373 Å². The number of carbonyl (C=O) groups is 7. The van der Waals surface area contributed by atoms with Crippen LogP contribution in [0.15, 0.2) is 15.0 Å². The maximum absolute atomic E-state index is 14.1. The van der Waals surface area contributed by atoms with E-state index in [2.05, 4.69) is 72.1 Å². The van der Waals surface area contributed by atoms with Gasteiger partial charge in [0.25, 0.3) is 0 Å². The van der Waals surface area contributed by atoms with Crippen molar-refractivity contribution in [1.29, 1.82) is 0 Å². The van der Waals surface area contributed by atoms with Crippen molar-refractivity contribution >= 4 is 84.5 Å². The number of guanidine groups is 3. The first-order valence-electron chi connectivity index (χ1n) is 20.2. The second kappa shape index (κ2) is 30.7. The van der Waals surface area contributed by atoms with Gasteiger partial charge >= 0.3 is 5.97 Å². The predicted octanol–water partition coefficient (Wildman–Crippen LogP) is -4.58. The lowest BCUT2D eigenvalue weighted by Crippen LogP contribution is -2.60. The third kappa shape index (κ3) is 24.9. The summed E-state index contributed by atoms with van der Waals surface area (Å²) in [4.78, 5) is 105. The molecular formula is C36H70N16O8S2. The molecular weight excluding hydrogens is 849 g/mol. The molecule has 0 unspecified atom stereocenters. The van der Waals surface area contributed by atoms with E-state index < -0.39 is 83.7 Å². The third-order valence-electron chi connectivity index (χ3n) is 8.75. The summed E-state index contributed by atoms with van der Waals surface area (Å²) in [6, 6.07) is -8.51. The van der Waals surface area contributed by atoms with Crippen molar-refractivity contribution in [3.05, 3.63) is 0 Å². The molecule has 0 saturated heterocycles. The number of hydrogen-bond acceptors (Lipinski definition) is 13. The Kier molecular flexibility index (Phi) is 28.1. The van der Waals surface area contributed by atoms with Gasteiger partial charge in [-0.3, -0.25) is 43.7 Å². The molecule has 6 amide bonds. The molecule has 0 aromatic carbocycles. The molecule has 24 nitrogen and oxygen atoms in total. The van der Waals surface area contributed by atoms with Gasteiger partial charge in [0.05, 0.1) is 6.04 Å². The van der Waals surface area contributed by atoms with E-state index in [-0.39, 0.29) is 106 Å². The lowest BCUT2D eigenvalue weighted by molar-refractivity contribution is -0.141. The molecule has 0 heterocycles. The number of rotatable bonds is 31. The molecule has 0 aliphatic carbocycles.